The molecule has 0 spiro atoms. The van der Waals surface area contributed by atoms with Crippen LogP contribution in [-0.4, -0.2) is 19.7 Å². The normalized spacial score (nSPS) is 10.3. The van der Waals surface area contributed by atoms with Crippen LogP contribution in [0.5, 0.6) is 0 Å². The molecule has 0 radical (unpaired) electrons. The van der Waals surface area contributed by atoms with Gasteiger partial charge in [-0.25, -0.2) is 9.97 Å². The van der Waals surface area contributed by atoms with Gasteiger partial charge in [0.15, 0.2) is 0 Å². The van der Waals surface area contributed by atoms with Crippen molar-refractivity contribution < 1.29 is 0 Å². The molecule has 15 heavy (non-hydrogen) atoms. The summed E-state index contributed by atoms with van der Waals surface area (Å²) in [6, 6.07) is 0. The van der Waals surface area contributed by atoms with E-state index in [1.54, 1.807) is 10.9 Å². The van der Waals surface area contributed by atoms with Crippen LogP contribution in [0.2, 0.25) is 0 Å². The summed E-state index contributed by atoms with van der Waals surface area (Å²) in [7, 11) is 1.87. The van der Waals surface area contributed by atoms with Gasteiger partial charge in [-0.1, -0.05) is 6.92 Å². The molecule has 0 aliphatic carbocycles. The molecule has 0 atom stereocenters. The van der Waals surface area contributed by atoms with Crippen molar-refractivity contribution in [3.8, 4) is 0 Å². The molecule has 0 saturated carbocycles. The van der Waals surface area contributed by atoms with E-state index in [2.05, 4.69) is 27.3 Å². The lowest BCUT2D eigenvalue weighted by molar-refractivity contribution is 0.768. The van der Waals surface area contributed by atoms with Gasteiger partial charge in [0.1, 0.15) is 0 Å². The fraction of sp³-hybridized carbons (Fsp3) is 0.300. The van der Waals surface area contributed by atoms with Crippen molar-refractivity contribution in [1.82, 2.24) is 19.7 Å². The van der Waals surface area contributed by atoms with E-state index in [-0.39, 0.29) is 0 Å². The average Bonchev–Trinajstić information content (AvgIpc) is 2.65. The zero-order valence-electron chi connectivity index (χ0n) is 8.81. The van der Waals surface area contributed by atoms with Crippen molar-refractivity contribution in [3.63, 3.8) is 0 Å². The molecule has 0 aromatic carbocycles. The van der Waals surface area contributed by atoms with Crippen molar-refractivity contribution in [3.05, 3.63) is 30.4 Å². The number of nitrogens with zero attached hydrogens (tertiary/aromatic N) is 4. The van der Waals surface area contributed by atoms with Gasteiger partial charge in [-0.15, -0.1) is 0 Å². The third kappa shape index (κ3) is 2.31. The lowest BCUT2D eigenvalue weighted by Gasteiger charge is -2.01. The van der Waals surface area contributed by atoms with Crippen molar-refractivity contribution in [2.45, 2.75) is 13.3 Å². The Labute approximate surface area is 88.2 Å². The topological polar surface area (TPSA) is 55.6 Å². The van der Waals surface area contributed by atoms with Crippen molar-refractivity contribution in [1.29, 1.82) is 0 Å². The largest absolute Gasteiger partial charge is 0.321 e. The van der Waals surface area contributed by atoms with Crippen LogP contribution in [-0.2, 0) is 13.5 Å². The number of anilines is 2. The zero-order chi connectivity index (χ0) is 10.7. The Morgan fingerprint density at radius 1 is 1.27 bits per heavy atom. The summed E-state index contributed by atoms with van der Waals surface area (Å²) in [5.41, 5.74) is 2.02. The summed E-state index contributed by atoms with van der Waals surface area (Å²) >= 11 is 0. The van der Waals surface area contributed by atoms with E-state index < -0.39 is 0 Å². The molecule has 2 heterocycles. The molecule has 2 aromatic rings. The van der Waals surface area contributed by atoms with E-state index in [0.29, 0.717) is 5.95 Å². The van der Waals surface area contributed by atoms with Gasteiger partial charge in [-0.3, -0.25) is 4.68 Å². The van der Waals surface area contributed by atoms with E-state index in [1.165, 1.54) is 0 Å². The summed E-state index contributed by atoms with van der Waals surface area (Å²) < 4.78 is 1.72. The highest BCUT2D eigenvalue weighted by Crippen LogP contribution is 2.10. The van der Waals surface area contributed by atoms with Gasteiger partial charge in [0.2, 0.25) is 5.95 Å². The van der Waals surface area contributed by atoms with E-state index in [0.717, 1.165) is 17.7 Å². The van der Waals surface area contributed by atoms with Crippen LogP contribution in [0.15, 0.2) is 24.8 Å². The van der Waals surface area contributed by atoms with Crippen LogP contribution in [0.1, 0.15) is 12.5 Å². The minimum atomic E-state index is 0.597. The highest BCUT2D eigenvalue weighted by atomic mass is 15.3. The fourth-order valence-electron chi connectivity index (χ4n) is 1.22. The minimum absolute atomic E-state index is 0.597. The molecular formula is C10H13N5. The van der Waals surface area contributed by atoms with Gasteiger partial charge in [0, 0.05) is 25.6 Å². The molecule has 0 aliphatic rings. The number of hydrogen-bond donors (Lipinski definition) is 1. The van der Waals surface area contributed by atoms with E-state index in [9.17, 15) is 0 Å². The summed E-state index contributed by atoms with van der Waals surface area (Å²) in [5, 5.41) is 7.12. The molecule has 2 rings (SSSR count). The SMILES string of the molecule is CCc1cnc(Nc2cnn(C)c2)nc1. The number of rotatable bonds is 3. The smallest absolute Gasteiger partial charge is 0.227 e. The third-order valence-electron chi connectivity index (χ3n) is 2.07. The van der Waals surface area contributed by atoms with Gasteiger partial charge in [-0.05, 0) is 12.0 Å². The van der Waals surface area contributed by atoms with Gasteiger partial charge < -0.3 is 5.32 Å². The summed E-state index contributed by atoms with van der Waals surface area (Å²) in [6.45, 7) is 2.08. The minimum Gasteiger partial charge on any atom is -0.321 e. The second-order valence-corrected chi connectivity index (χ2v) is 3.30. The van der Waals surface area contributed by atoms with Crippen molar-refractivity contribution in [2.75, 3.05) is 5.32 Å². The molecule has 0 amide bonds. The quantitative estimate of drug-likeness (QED) is 0.821. The van der Waals surface area contributed by atoms with Gasteiger partial charge in [0.25, 0.3) is 0 Å². The molecule has 0 unspecified atom stereocenters. The first-order valence-corrected chi connectivity index (χ1v) is 4.84. The third-order valence-corrected chi connectivity index (χ3v) is 2.07. The molecule has 2 aromatic heterocycles. The fourth-order valence-corrected chi connectivity index (χ4v) is 1.22. The van der Waals surface area contributed by atoms with Crippen LogP contribution in [0, 0.1) is 0 Å². The molecule has 0 saturated heterocycles. The highest BCUT2D eigenvalue weighted by molar-refractivity contribution is 5.49. The predicted molar refractivity (Wildman–Crippen MR) is 57.9 cm³/mol. The first-order chi connectivity index (χ1) is 7.28. The molecule has 0 bridgehead atoms. The lowest BCUT2D eigenvalue weighted by Crippen LogP contribution is -1.96. The maximum absolute atomic E-state index is 4.19. The van der Waals surface area contributed by atoms with E-state index in [4.69, 9.17) is 0 Å². The predicted octanol–water partition coefficient (Wildman–Crippen LogP) is 1.52. The van der Waals surface area contributed by atoms with Crippen LogP contribution >= 0.6 is 0 Å². The maximum Gasteiger partial charge on any atom is 0.227 e. The maximum atomic E-state index is 4.19. The van der Waals surface area contributed by atoms with Crippen LogP contribution in [0.4, 0.5) is 11.6 Å². The summed E-state index contributed by atoms with van der Waals surface area (Å²) in [6.07, 6.45) is 8.21. The molecule has 5 nitrogen and oxygen atoms in total. The molecule has 5 heteroatoms. The number of hydrogen-bond acceptors (Lipinski definition) is 4. The van der Waals surface area contributed by atoms with E-state index in [1.807, 2.05) is 25.6 Å². The highest BCUT2D eigenvalue weighted by Gasteiger charge is 1.99. The van der Waals surface area contributed by atoms with Gasteiger partial charge in [-0.2, -0.15) is 5.10 Å². The van der Waals surface area contributed by atoms with Crippen molar-refractivity contribution >= 4 is 11.6 Å². The zero-order valence-corrected chi connectivity index (χ0v) is 8.81. The summed E-state index contributed by atoms with van der Waals surface area (Å²) in [4.78, 5) is 8.39. The molecule has 1 N–H and O–H groups in total. The Hall–Kier alpha value is -1.91. The Bertz CT molecular complexity index is 431. The number of aromatic nitrogens is 4. The molecular weight excluding hydrogens is 190 g/mol. The molecule has 78 valence electrons. The van der Waals surface area contributed by atoms with Crippen molar-refractivity contribution in [2.24, 2.45) is 7.05 Å². The second kappa shape index (κ2) is 4.08. The standard InChI is InChI=1S/C10H13N5/c1-3-8-4-11-10(12-5-8)14-9-6-13-15(2)7-9/h4-7H,3H2,1-2H3,(H,11,12,14). The average molecular weight is 203 g/mol. The number of aryl methyl sites for hydroxylation is 2. The Kier molecular flexibility index (Phi) is 2.62. The molecule has 0 fully saturated rings. The van der Waals surface area contributed by atoms with E-state index >= 15 is 0 Å². The lowest BCUT2D eigenvalue weighted by atomic mass is 10.3. The first-order valence-electron chi connectivity index (χ1n) is 4.84. The number of nitrogens with one attached hydrogen (secondary N) is 1. The Morgan fingerprint density at radius 3 is 2.53 bits per heavy atom. The summed E-state index contributed by atoms with van der Waals surface area (Å²) in [5.74, 6) is 0.597. The second-order valence-electron chi connectivity index (χ2n) is 3.30. The molecule has 0 aliphatic heterocycles. The van der Waals surface area contributed by atoms with Gasteiger partial charge in [0.05, 0.1) is 11.9 Å². The Morgan fingerprint density at radius 2 is 2.00 bits per heavy atom. The van der Waals surface area contributed by atoms with Crippen LogP contribution in [0.3, 0.4) is 0 Å². The van der Waals surface area contributed by atoms with Crippen LogP contribution in [0.25, 0.3) is 0 Å². The Balaban J connectivity index is 2.11. The van der Waals surface area contributed by atoms with Gasteiger partial charge >= 0.3 is 0 Å². The van der Waals surface area contributed by atoms with Crippen LogP contribution < -0.4 is 5.32 Å². The first kappa shape index (κ1) is 9.64. The monoisotopic (exact) mass is 203 g/mol.